The van der Waals surface area contributed by atoms with Gasteiger partial charge in [0.2, 0.25) is 10.0 Å². The Balaban J connectivity index is 0.00000264. The van der Waals surface area contributed by atoms with Crippen LogP contribution in [-0.4, -0.2) is 45.1 Å². The van der Waals surface area contributed by atoms with Gasteiger partial charge in [-0.1, -0.05) is 34.8 Å². The van der Waals surface area contributed by atoms with Gasteiger partial charge in [0.15, 0.2) is 0 Å². The van der Waals surface area contributed by atoms with Gasteiger partial charge in [-0.2, -0.15) is 4.31 Å². The zero-order valence-electron chi connectivity index (χ0n) is 12.3. The fraction of sp³-hybridized carbons (Fsp3) is 0.538. The van der Waals surface area contributed by atoms with Crippen LogP contribution in [0.5, 0.6) is 0 Å². The normalized spacial score (nSPS) is 22.7. The molecule has 1 aromatic carbocycles. The quantitative estimate of drug-likeness (QED) is 0.806. The minimum atomic E-state index is -3.86. The number of hydrogen-bond acceptors (Lipinski definition) is 4. The highest BCUT2D eigenvalue weighted by atomic mass is 35.5. The van der Waals surface area contributed by atoms with Crippen LogP contribution in [0, 0.1) is 0 Å². The summed E-state index contributed by atoms with van der Waals surface area (Å²) in [5, 5.41) is 0.284. The molecule has 1 aliphatic heterocycles. The Labute approximate surface area is 157 Å². The zero-order valence-corrected chi connectivity index (χ0v) is 16.2. The van der Waals surface area contributed by atoms with Crippen LogP contribution in [0.2, 0.25) is 15.1 Å². The Bertz CT molecular complexity index is 634. The molecular weight excluding hydrogens is 406 g/mol. The van der Waals surface area contributed by atoms with Crippen molar-refractivity contribution in [2.45, 2.75) is 29.9 Å². The first-order valence-electron chi connectivity index (χ1n) is 6.70. The third-order valence-corrected chi connectivity index (χ3v) is 6.84. The molecule has 5 nitrogen and oxygen atoms in total. The minimum Gasteiger partial charge on any atom is -0.381 e. The first kappa shape index (κ1) is 21.3. The highest BCUT2D eigenvalue weighted by Crippen LogP contribution is 2.36. The maximum Gasteiger partial charge on any atom is 0.246 e. The molecule has 0 radical (unpaired) electrons. The zero-order chi connectivity index (χ0) is 16.5. The Hall–Kier alpha value is 0.210. The Morgan fingerprint density at radius 3 is 2.35 bits per heavy atom. The van der Waals surface area contributed by atoms with Crippen LogP contribution < -0.4 is 5.73 Å². The molecule has 132 valence electrons. The van der Waals surface area contributed by atoms with E-state index in [9.17, 15) is 8.42 Å². The molecule has 2 N–H and O–H groups in total. The maximum absolute atomic E-state index is 12.9. The number of methoxy groups -OCH3 is 1. The van der Waals surface area contributed by atoms with Gasteiger partial charge in [-0.05, 0) is 25.0 Å². The van der Waals surface area contributed by atoms with E-state index >= 15 is 0 Å². The number of ether oxygens (including phenoxy) is 1. The molecular formula is C13H18Cl4N2O3S. The number of sulfonamides is 1. The highest BCUT2D eigenvalue weighted by Gasteiger charge is 2.38. The van der Waals surface area contributed by atoms with E-state index < -0.39 is 10.0 Å². The molecule has 10 heteroatoms. The van der Waals surface area contributed by atoms with Crippen LogP contribution in [-0.2, 0) is 14.8 Å². The highest BCUT2D eigenvalue weighted by molar-refractivity contribution is 7.89. The fourth-order valence-electron chi connectivity index (χ4n) is 2.63. The van der Waals surface area contributed by atoms with Crippen LogP contribution in [0.4, 0.5) is 0 Å². The second kappa shape index (κ2) is 8.54. The molecule has 1 heterocycles. The predicted octanol–water partition coefficient (Wildman–Crippen LogP) is 3.20. The topological polar surface area (TPSA) is 72.6 Å². The van der Waals surface area contributed by atoms with Crippen LogP contribution in [0.1, 0.15) is 12.8 Å². The van der Waals surface area contributed by atoms with Crippen LogP contribution in [0.15, 0.2) is 17.0 Å². The molecule has 1 fully saturated rings. The second-order valence-electron chi connectivity index (χ2n) is 5.09. The van der Waals surface area contributed by atoms with Crippen molar-refractivity contribution < 1.29 is 13.2 Å². The SMILES string of the molecule is COC1CCN(S(=O)(=O)c2c(Cl)cc(Cl)cc2Cl)C(CN)C1.Cl. The average molecular weight is 424 g/mol. The maximum atomic E-state index is 12.9. The molecule has 23 heavy (non-hydrogen) atoms. The molecule has 1 saturated heterocycles. The van der Waals surface area contributed by atoms with Crippen molar-refractivity contribution in [3.8, 4) is 0 Å². The lowest BCUT2D eigenvalue weighted by molar-refractivity contribution is 0.0401. The Morgan fingerprint density at radius 1 is 1.30 bits per heavy atom. The number of rotatable bonds is 4. The van der Waals surface area contributed by atoms with E-state index in [0.29, 0.717) is 19.4 Å². The molecule has 1 aromatic rings. The van der Waals surface area contributed by atoms with Crippen molar-refractivity contribution in [3.63, 3.8) is 0 Å². The van der Waals surface area contributed by atoms with E-state index in [2.05, 4.69) is 0 Å². The predicted molar refractivity (Wildman–Crippen MR) is 95.5 cm³/mol. The van der Waals surface area contributed by atoms with Gasteiger partial charge in [0.05, 0.1) is 16.1 Å². The number of nitrogens with two attached hydrogens (primary N) is 1. The van der Waals surface area contributed by atoms with Gasteiger partial charge >= 0.3 is 0 Å². The van der Waals surface area contributed by atoms with Gasteiger partial charge in [0.25, 0.3) is 0 Å². The van der Waals surface area contributed by atoms with E-state index in [4.69, 9.17) is 45.3 Å². The monoisotopic (exact) mass is 422 g/mol. The van der Waals surface area contributed by atoms with E-state index in [-0.39, 0.29) is 51.1 Å². The standard InChI is InChI=1S/C13H17Cl3N2O3S.ClH/c1-21-10-2-3-18(9(6-10)7-17)22(19,20)13-11(15)4-8(14)5-12(13)16;/h4-5,9-10H,2-3,6-7,17H2,1H3;1H. The van der Waals surface area contributed by atoms with Crippen LogP contribution >= 0.6 is 47.2 Å². The molecule has 0 aliphatic carbocycles. The summed E-state index contributed by atoms with van der Waals surface area (Å²) in [6.07, 6.45) is 1.13. The van der Waals surface area contributed by atoms with E-state index in [1.54, 1.807) is 7.11 Å². The molecule has 2 unspecified atom stereocenters. The number of hydrogen-bond donors (Lipinski definition) is 1. The van der Waals surface area contributed by atoms with Crippen molar-refractivity contribution in [1.29, 1.82) is 0 Å². The lowest BCUT2D eigenvalue weighted by Crippen LogP contribution is -2.51. The van der Waals surface area contributed by atoms with Gasteiger partial charge < -0.3 is 10.5 Å². The molecule has 0 spiro atoms. The first-order chi connectivity index (χ1) is 10.3. The number of halogens is 4. The second-order valence-corrected chi connectivity index (χ2v) is 8.16. The lowest BCUT2D eigenvalue weighted by Gasteiger charge is -2.37. The lowest BCUT2D eigenvalue weighted by atomic mass is 10.0. The molecule has 2 rings (SSSR count). The van der Waals surface area contributed by atoms with Crippen molar-refractivity contribution >= 4 is 57.2 Å². The summed E-state index contributed by atoms with van der Waals surface area (Å²) < 4.78 is 32.5. The minimum absolute atomic E-state index is 0. The Kier molecular flexibility index (Phi) is 7.89. The van der Waals surface area contributed by atoms with Crippen molar-refractivity contribution in [2.24, 2.45) is 5.73 Å². The van der Waals surface area contributed by atoms with Crippen LogP contribution in [0.3, 0.4) is 0 Å². The summed E-state index contributed by atoms with van der Waals surface area (Å²) in [6, 6.07) is 2.37. The van der Waals surface area contributed by atoms with Crippen molar-refractivity contribution in [1.82, 2.24) is 4.31 Å². The number of piperidine rings is 1. The van der Waals surface area contributed by atoms with Crippen LogP contribution in [0.25, 0.3) is 0 Å². The fourth-order valence-corrected chi connectivity index (χ4v) is 5.79. The first-order valence-corrected chi connectivity index (χ1v) is 9.28. The van der Waals surface area contributed by atoms with E-state index in [0.717, 1.165) is 0 Å². The Morgan fingerprint density at radius 2 is 1.87 bits per heavy atom. The smallest absolute Gasteiger partial charge is 0.246 e. The van der Waals surface area contributed by atoms with Gasteiger partial charge in [-0.25, -0.2) is 8.42 Å². The largest absolute Gasteiger partial charge is 0.381 e. The van der Waals surface area contributed by atoms with Gasteiger partial charge in [0.1, 0.15) is 4.90 Å². The molecule has 0 saturated carbocycles. The molecule has 0 aromatic heterocycles. The number of nitrogens with zero attached hydrogens (tertiary/aromatic N) is 1. The van der Waals surface area contributed by atoms with Gasteiger partial charge in [0, 0.05) is 31.3 Å². The third kappa shape index (κ3) is 4.44. The van der Waals surface area contributed by atoms with Gasteiger partial charge in [-0.3, -0.25) is 0 Å². The average Bonchev–Trinajstić information content (AvgIpc) is 2.44. The number of benzene rings is 1. The summed E-state index contributed by atoms with van der Waals surface area (Å²) in [6.45, 7) is 0.500. The van der Waals surface area contributed by atoms with E-state index in [1.807, 2.05) is 0 Å². The summed E-state index contributed by atoms with van der Waals surface area (Å²) in [5.41, 5.74) is 5.74. The van der Waals surface area contributed by atoms with Crippen molar-refractivity contribution in [3.05, 3.63) is 27.2 Å². The molecule has 1 aliphatic rings. The van der Waals surface area contributed by atoms with Crippen molar-refractivity contribution in [2.75, 3.05) is 20.2 Å². The van der Waals surface area contributed by atoms with Gasteiger partial charge in [-0.15, -0.1) is 12.4 Å². The third-order valence-electron chi connectivity index (χ3n) is 3.75. The summed E-state index contributed by atoms with van der Waals surface area (Å²) >= 11 is 17.9. The summed E-state index contributed by atoms with van der Waals surface area (Å²) in [7, 11) is -2.25. The molecule has 0 bridgehead atoms. The summed E-state index contributed by atoms with van der Waals surface area (Å²) in [4.78, 5) is -0.130. The van der Waals surface area contributed by atoms with E-state index in [1.165, 1.54) is 16.4 Å². The molecule has 0 amide bonds. The summed E-state index contributed by atoms with van der Waals surface area (Å²) in [5.74, 6) is 0. The molecule has 2 atom stereocenters.